The van der Waals surface area contributed by atoms with Gasteiger partial charge in [-0.1, -0.05) is 0 Å². The number of nitrogens with zero attached hydrogens (tertiary/aromatic N) is 2. The summed E-state index contributed by atoms with van der Waals surface area (Å²) in [6, 6.07) is 0.790. The minimum Gasteiger partial charge on any atom is -0.459 e. The maximum atomic E-state index is 3.91. The first-order valence-corrected chi connectivity index (χ1v) is 3.92. The third-order valence-corrected chi connectivity index (χ3v) is 2.29. The minimum atomic E-state index is 0. The summed E-state index contributed by atoms with van der Waals surface area (Å²) in [6.07, 6.45) is 2.55. The molecular weight excluding hydrogens is 175 g/mol. The Morgan fingerprint density at radius 1 is 1.25 bits per heavy atom. The zero-order valence-corrected chi connectivity index (χ0v) is 12.1. The van der Waals surface area contributed by atoms with Gasteiger partial charge in [0.1, 0.15) is 0 Å². The van der Waals surface area contributed by atoms with E-state index in [1.807, 2.05) is 0 Å². The van der Waals surface area contributed by atoms with Gasteiger partial charge in [-0.05, 0) is 40.0 Å². The van der Waals surface area contributed by atoms with Crippen LogP contribution in [0.25, 0.3) is 0 Å². The van der Waals surface area contributed by atoms with E-state index in [4.69, 9.17) is 0 Å². The second-order valence-electron chi connectivity index (χ2n) is 3.31. The Morgan fingerprint density at radius 3 is 2.00 bits per heavy atom. The predicted octanol–water partition coefficient (Wildman–Crippen LogP) is -1.74. The van der Waals surface area contributed by atoms with E-state index in [2.05, 4.69) is 30.9 Å². The van der Waals surface area contributed by atoms with Gasteiger partial charge in [0.05, 0.1) is 0 Å². The molecule has 0 unspecified atom stereocenters. The summed E-state index contributed by atoms with van der Waals surface area (Å²) in [5.74, 6) is 0. The number of hydrogen-bond acceptors (Lipinski definition) is 2. The van der Waals surface area contributed by atoms with Gasteiger partial charge in [0.2, 0.25) is 0 Å². The maximum Gasteiger partial charge on any atom is 1.00 e. The SMILES string of the molecule is [CH2-]N1CCC(N(C)C)CC1.[CH3-].[K+]. The zero-order chi connectivity index (χ0) is 7.56. The number of hydrogen-bond donors (Lipinski definition) is 0. The fourth-order valence-electron chi connectivity index (χ4n) is 1.44. The molecule has 0 aliphatic carbocycles. The molecule has 1 aliphatic rings. The molecule has 1 saturated heterocycles. The van der Waals surface area contributed by atoms with E-state index in [-0.39, 0.29) is 58.8 Å². The first-order valence-electron chi connectivity index (χ1n) is 3.92. The summed E-state index contributed by atoms with van der Waals surface area (Å²) in [5, 5.41) is 0. The molecule has 0 aromatic carbocycles. The Labute approximate surface area is 120 Å². The molecule has 1 rings (SSSR count). The molecule has 68 valence electrons. The summed E-state index contributed by atoms with van der Waals surface area (Å²) in [5.41, 5.74) is 0. The topological polar surface area (TPSA) is 6.48 Å². The Morgan fingerprint density at radius 2 is 1.67 bits per heavy atom. The largest absolute Gasteiger partial charge is 1.00 e. The predicted molar refractivity (Wildman–Crippen MR) is 50.1 cm³/mol. The molecule has 12 heavy (non-hydrogen) atoms. The van der Waals surface area contributed by atoms with Crippen molar-refractivity contribution in [3.05, 3.63) is 14.5 Å². The van der Waals surface area contributed by atoms with E-state index in [0.29, 0.717) is 0 Å². The van der Waals surface area contributed by atoms with E-state index >= 15 is 0 Å². The summed E-state index contributed by atoms with van der Waals surface area (Å²) in [4.78, 5) is 4.47. The van der Waals surface area contributed by atoms with Crippen molar-refractivity contribution in [2.24, 2.45) is 0 Å². The van der Waals surface area contributed by atoms with Crippen LogP contribution in [0.15, 0.2) is 0 Å². The van der Waals surface area contributed by atoms with E-state index in [1.54, 1.807) is 0 Å². The number of likely N-dealkylation sites (tertiary alicyclic amines) is 1. The maximum absolute atomic E-state index is 3.91. The van der Waals surface area contributed by atoms with Crippen LogP contribution in [0.3, 0.4) is 0 Å². The molecular formula is C9H20KN2-. The molecule has 0 N–H and O–H groups in total. The average molecular weight is 195 g/mol. The van der Waals surface area contributed by atoms with Gasteiger partial charge in [-0.25, -0.2) is 0 Å². The van der Waals surface area contributed by atoms with Crippen LogP contribution in [-0.2, 0) is 0 Å². The van der Waals surface area contributed by atoms with Crippen molar-refractivity contribution in [1.29, 1.82) is 0 Å². The first-order chi connectivity index (χ1) is 4.70. The van der Waals surface area contributed by atoms with Gasteiger partial charge >= 0.3 is 51.4 Å². The second-order valence-corrected chi connectivity index (χ2v) is 3.31. The molecule has 3 heteroatoms. The molecule has 0 atom stereocenters. The molecule has 2 nitrogen and oxygen atoms in total. The van der Waals surface area contributed by atoms with Gasteiger partial charge in [-0.2, -0.15) is 0 Å². The van der Waals surface area contributed by atoms with Gasteiger partial charge in [0.15, 0.2) is 0 Å². The van der Waals surface area contributed by atoms with Crippen LogP contribution in [0.5, 0.6) is 0 Å². The molecule has 1 fully saturated rings. The molecule has 0 amide bonds. The van der Waals surface area contributed by atoms with E-state index in [0.717, 1.165) is 19.1 Å². The molecule has 0 saturated carbocycles. The Balaban J connectivity index is 0. The van der Waals surface area contributed by atoms with Crippen LogP contribution < -0.4 is 51.4 Å². The average Bonchev–Trinajstić information content (AvgIpc) is 1.88. The number of rotatable bonds is 1. The smallest absolute Gasteiger partial charge is 0.459 e. The first kappa shape index (κ1) is 16.0. The fourth-order valence-corrected chi connectivity index (χ4v) is 1.44. The van der Waals surface area contributed by atoms with Crippen molar-refractivity contribution in [3.8, 4) is 0 Å². The van der Waals surface area contributed by atoms with Crippen molar-refractivity contribution >= 4 is 0 Å². The van der Waals surface area contributed by atoms with Crippen LogP contribution in [-0.4, -0.2) is 43.0 Å². The monoisotopic (exact) mass is 195 g/mol. The summed E-state index contributed by atoms with van der Waals surface area (Å²) in [7, 11) is 8.22. The van der Waals surface area contributed by atoms with Crippen molar-refractivity contribution in [1.82, 2.24) is 9.80 Å². The summed E-state index contributed by atoms with van der Waals surface area (Å²) in [6.45, 7) is 2.31. The Kier molecular flexibility index (Phi) is 10.6. The van der Waals surface area contributed by atoms with Crippen molar-refractivity contribution in [2.75, 3.05) is 27.2 Å². The molecule has 1 aliphatic heterocycles. The van der Waals surface area contributed by atoms with E-state index in [1.165, 1.54) is 12.8 Å². The van der Waals surface area contributed by atoms with Crippen LogP contribution >= 0.6 is 0 Å². The second kappa shape index (κ2) is 7.91. The van der Waals surface area contributed by atoms with Crippen LogP contribution in [0.4, 0.5) is 0 Å². The van der Waals surface area contributed by atoms with Gasteiger partial charge in [0.25, 0.3) is 0 Å². The van der Waals surface area contributed by atoms with E-state index < -0.39 is 0 Å². The molecule has 1 heterocycles. The summed E-state index contributed by atoms with van der Waals surface area (Å²) < 4.78 is 0. The van der Waals surface area contributed by atoms with Gasteiger partial charge < -0.3 is 17.2 Å². The van der Waals surface area contributed by atoms with Crippen molar-refractivity contribution < 1.29 is 51.4 Å². The van der Waals surface area contributed by atoms with Crippen LogP contribution in [0, 0.1) is 14.5 Å². The summed E-state index contributed by atoms with van der Waals surface area (Å²) >= 11 is 0. The van der Waals surface area contributed by atoms with Crippen molar-refractivity contribution in [3.63, 3.8) is 0 Å². The van der Waals surface area contributed by atoms with Gasteiger partial charge in [0, 0.05) is 6.04 Å². The quantitative estimate of drug-likeness (QED) is 0.362. The van der Waals surface area contributed by atoms with Crippen LogP contribution in [0.2, 0.25) is 0 Å². The molecule has 0 radical (unpaired) electrons. The Bertz CT molecular complexity index is 98.7. The standard InChI is InChI=1S/C8H17N2.CH3.K/c1-9(2)8-4-6-10(3)7-5-8;;/h8H,3-7H2,1-2H3;1H3;/q2*-1;+1. The van der Waals surface area contributed by atoms with E-state index in [9.17, 15) is 0 Å². The fraction of sp³-hybridized carbons (Fsp3) is 0.778. The third-order valence-electron chi connectivity index (χ3n) is 2.29. The van der Waals surface area contributed by atoms with Gasteiger partial charge in [-0.15, -0.1) is 0 Å². The zero-order valence-electron chi connectivity index (χ0n) is 9.01. The third kappa shape index (κ3) is 5.32. The molecule has 0 bridgehead atoms. The number of piperidine rings is 1. The minimum absolute atomic E-state index is 0. The normalized spacial score (nSPS) is 20.0. The van der Waals surface area contributed by atoms with Crippen LogP contribution in [0.1, 0.15) is 12.8 Å². The van der Waals surface area contributed by atoms with Gasteiger partial charge in [-0.3, -0.25) is 7.05 Å². The molecule has 0 spiro atoms. The molecule has 0 aromatic rings. The van der Waals surface area contributed by atoms with Crippen molar-refractivity contribution in [2.45, 2.75) is 18.9 Å². The Hall–Kier alpha value is 1.56. The molecule has 0 aromatic heterocycles.